The maximum Gasteiger partial charge on any atom is 0.338 e. The zero-order chi connectivity index (χ0) is 17.9. The lowest BCUT2D eigenvalue weighted by Gasteiger charge is -2.04. The second-order valence-corrected chi connectivity index (χ2v) is 6.47. The van der Waals surface area contributed by atoms with Gasteiger partial charge in [0, 0.05) is 4.47 Å². The van der Waals surface area contributed by atoms with Crippen LogP contribution in [0.1, 0.15) is 16.2 Å². The Bertz CT molecular complexity index is 1090. The topological polar surface area (TPSA) is 65.2 Å². The smallest absolute Gasteiger partial charge is 0.338 e. The van der Waals surface area contributed by atoms with Gasteiger partial charge in [-0.05, 0) is 51.0 Å². The van der Waals surface area contributed by atoms with Gasteiger partial charge in [-0.15, -0.1) is 10.2 Å². The molecule has 0 amide bonds. The maximum atomic E-state index is 12.3. The minimum atomic E-state index is -0.434. The lowest BCUT2D eigenvalue weighted by molar-refractivity contribution is 0.0439. The van der Waals surface area contributed by atoms with Gasteiger partial charge in [-0.2, -0.15) is 0 Å². The Balaban J connectivity index is 1.47. The van der Waals surface area contributed by atoms with E-state index in [1.807, 2.05) is 54.6 Å². The molecule has 0 radical (unpaired) electrons. The van der Waals surface area contributed by atoms with E-state index in [0.717, 1.165) is 20.8 Å². The second kappa shape index (κ2) is 7.09. The highest BCUT2D eigenvalue weighted by molar-refractivity contribution is 9.10. The van der Waals surface area contributed by atoms with Crippen LogP contribution in [0.2, 0.25) is 0 Å². The number of halogens is 1. The van der Waals surface area contributed by atoms with Crippen LogP contribution in [0, 0.1) is 0 Å². The molecule has 0 aliphatic carbocycles. The third-order valence-corrected chi connectivity index (χ3v) is 4.57. The van der Waals surface area contributed by atoms with Gasteiger partial charge in [-0.3, -0.25) is 0 Å². The number of hydrogen-bond acceptors (Lipinski definition) is 5. The number of rotatable bonds is 4. The van der Waals surface area contributed by atoms with Crippen LogP contribution in [-0.2, 0) is 11.3 Å². The second-order valence-electron chi connectivity index (χ2n) is 5.62. The van der Waals surface area contributed by atoms with Gasteiger partial charge in [-0.25, -0.2) is 4.79 Å². The van der Waals surface area contributed by atoms with Crippen molar-refractivity contribution in [2.45, 2.75) is 6.61 Å². The van der Waals surface area contributed by atoms with Crippen molar-refractivity contribution in [3.63, 3.8) is 0 Å². The Kier molecular flexibility index (Phi) is 4.50. The zero-order valence-corrected chi connectivity index (χ0v) is 15.1. The number of carbonyl (C=O) groups is 1. The fourth-order valence-electron chi connectivity index (χ4n) is 2.58. The van der Waals surface area contributed by atoms with E-state index in [0.29, 0.717) is 11.5 Å². The predicted molar refractivity (Wildman–Crippen MR) is 101 cm³/mol. The molecule has 0 aliphatic heterocycles. The van der Waals surface area contributed by atoms with Crippen molar-refractivity contribution in [3.8, 4) is 11.5 Å². The molecule has 128 valence electrons. The molecule has 0 N–H and O–H groups in total. The molecule has 5 nitrogen and oxygen atoms in total. The standard InChI is InChI=1S/C20H13BrN2O3/c21-17-8-4-3-7-16(17)19-23-22-18(26-19)12-25-20(24)15-10-9-13-5-1-2-6-14(13)11-15/h1-11H,12H2. The van der Waals surface area contributed by atoms with Gasteiger partial charge in [0.2, 0.25) is 5.89 Å². The third kappa shape index (κ3) is 3.36. The average molecular weight is 409 g/mol. The fraction of sp³-hybridized carbons (Fsp3) is 0.0500. The van der Waals surface area contributed by atoms with Crippen LogP contribution in [0.5, 0.6) is 0 Å². The molecule has 4 aromatic rings. The summed E-state index contributed by atoms with van der Waals surface area (Å²) in [4.78, 5) is 12.3. The molecule has 0 saturated heterocycles. The molecule has 3 aromatic carbocycles. The van der Waals surface area contributed by atoms with E-state index >= 15 is 0 Å². The molecule has 1 heterocycles. The molecule has 0 spiro atoms. The number of fused-ring (bicyclic) bond motifs is 1. The largest absolute Gasteiger partial charge is 0.452 e. The van der Waals surface area contributed by atoms with E-state index in [2.05, 4.69) is 26.1 Å². The zero-order valence-electron chi connectivity index (χ0n) is 13.6. The first-order valence-corrected chi connectivity index (χ1v) is 8.73. The van der Waals surface area contributed by atoms with Crippen molar-refractivity contribution in [2.24, 2.45) is 0 Å². The van der Waals surface area contributed by atoms with Crippen LogP contribution in [0.3, 0.4) is 0 Å². The summed E-state index contributed by atoms with van der Waals surface area (Å²) >= 11 is 3.44. The minimum absolute atomic E-state index is 0.0802. The lowest BCUT2D eigenvalue weighted by Crippen LogP contribution is -2.05. The number of carbonyl (C=O) groups excluding carboxylic acids is 1. The van der Waals surface area contributed by atoms with Gasteiger partial charge in [0.15, 0.2) is 6.61 Å². The number of ether oxygens (including phenoxy) is 1. The van der Waals surface area contributed by atoms with Gasteiger partial charge in [0.25, 0.3) is 5.89 Å². The fourth-order valence-corrected chi connectivity index (χ4v) is 3.04. The molecular weight excluding hydrogens is 396 g/mol. The Hall–Kier alpha value is -2.99. The molecule has 26 heavy (non-hydrogen) atoms. The summed E-state index contributed by atoms with van der Waals surface area (Å²) in [5.41, 5.74) is 1.27. The first kappa shape index (κ1) is 16.5. The number of nitrogens with zero attached hydrogens (tertiary/aromatic N) is 2. The molecule has 0 unspecified atom stereocenters. The molecule has 1 aromatic heterocycles. The van der Waals surface area contributed by atoms with Crippen molar-refractivity contribution in [1.82, 2.24) is 10.2 Å². The van der Waals surface area contributed by atoms with Gasteiger partial charge >= 0.3 is 5.97 Å². The average Bonchev–Trinajstić information content (AvgIpc) is 3.15. The van der Waals surface area contributed by atoms with Crippen LogP contribution in [0.4, 0.5) is 0 Å². The van der Waals surface area contributed by atoms with Crippen LogP contribution < -0.4 is 0 Å². The highest BCUT2D eigenvalue weighted by Crippen LogP contribution is 2.26. The summed E-state index contributed by atoms with van der Waals surface area (Å²) in [7, 11) is 0. The summed E-state index contributed by atoms with van der Waals surface area (Å²) in [6.45, 7) is -0.0802. The number of aromatic nitrogens is 2. The van der Waals surface area contributed by atoms with Crippen molar-refractivity contribution in [3.05, 3.63) is 82.7 Å². The van der Waals surface area contributed by atoms with Crippen molar-refractivity contribution >= 4 is 32.7 Å². The number of esters is 1. The van der Waals surface area contributed by atoms with Crippen molar-refractivity contribution < 1.29 is 13.9 Å². The van der Waals surface area contributed by atoms with E-state index < -0.39 is 5.97 Å². The molecule has 4 rings (SSSR count). The highest BCUT2D eigenvalue weighted by atomic mass is 79.9. The molecule has 0 saturated carbocycles. The third-order valence-electron chi connectivity index (χ3n) is 3.88. The maximum absolute atomic E-state index is 12.3. The van der Waals surface area contributed by atoms with Gasteiger partial charge < -0.3 is 9.15 Å². The molecular formula is C20H13BrN2O3. The normalized spacial score (nSPS) is 10.8. The molecule has 0 atom stereocenters. The lowest BCUT2D eigenvalue weighted by atomic mass is 10.1. The number of benzene rings is 3. The monoisotopic (exact) mass is 408 g/mol. The Morgan fingerprint density at radius 2 is 1.73 bits per heavy atom. The Morgan fingerprint density at radius 1 is 0.962 bits per heavy atom. The van der Waals surface area contributed by atoms with E-state index in [-0.39, 0.29) is 12.5 Å². The predicted octanol–water partition coefficient (Wildman–Crippen LogP) is 5.01. The first-order valence-electron chi connectivity index (χ1n) is 7.94. The minimum Gasteiger partial charge on any atom is -0.452 e. The van der Waals surface area contributed by atoms with Gasteiger partial charge in [0.05, 0.1) is 11.1 Å². The van der Waals surface area contributed by atoms with E-state index in [4.69, 9.17) is 9.15 Å². The summed E-state index contributed by atoms with van der Waals surface area (Å²) in [5.74, 6) is 0.176. The summed E-state index contributed by atoms with van der Waals surface area (Å²) in [5, 5.41) is 9.99. The first-order chi connectivity index (χ1) is 12.7. The molecule has 6 heteroatoms. The van der Waals surface area contributed by atoms with Gasteiger partial charge in [-0.1, -0.05) is 42.5 Å². The molecule has 0 fully saturated rings. The molecule has 0 aliphatic rings. The van der Waals surface area contributed by atoms with Crippen LogP contribution in [0.25, 0.3) is 22.2 Å². The summed E-state index contributed by atoms with van der Waals surface area (Å²) < 4.78 is 11.7. The quantitative estimate of drug-likeness (QED) is 0.444. The van der Waals surface area contributed by atoms with Crippen LogP contribution in [-0.4, -0.2) is 16.2 Å². The van der Waals surface area contributed by atoms with Crippen molar-refractivity contribution in [1.29, 1.82) is 0 Å². The number of hydrogen-bond donors (Lipinski definition) is 0. The Morgan fingerprint density at radius 3 is 2.58 bits per heavy atom. The Labute approximate surface area is 157 Å². The SMILES string of the molecule is O=C(OCc1nnc(-c2ccccc2Br)o1)c1ccc2ccccc2c1. The van der Waals surface area contributed by atoms with Gasteiger partial charge in [0.1, 0.15) is 0 Å². The summed E-state index contributed by atoms with van der Waals surface area (Å²) in [6.07, 6.45) is 0. The van der Waals surface area contributed by atoms with E-state index in [1.54, 1.807) is 12.1 Å². The van der Waals surface area contributed by atoms with Crippen LogP contribution >= 0.6 is 15.9 Å². The highest BCUT2D eigenvalue weighted by Gasteiger charge is 2.14. The van der Waals surface area contributed by atoms with E-state index in [1.165, 1.54) is 0 Å². The van der Waals surface area contributed by atoms with Crippen molar-refractivity contribution in [2.75, 3.05) is 0 Å². The van der Waals surface area contributed by atoms with E-state index in [9.17, 15) is 4.79 Å². The van der Waals surface area contributed by atoms with Crippen LogP contribution in [0.15, 0.2) is 75.6 Å². The molecule has 0 bridgehead atoms. The summed E-state index contributed by atoms with van der Waals surface area (Å²) in [6, 6.07) is 20.8.